The molecular formula is C23H21FN2O2. The monoisotopic (exact) mass is 376 g/mol. The third kappa shape index (κ3) is 5.51. The summed E-state index contributed by atoms with van der Waals surface area (Å²) in [5, 5.41) is 5.64. The molecule has 0 aliphatic heterocycles. The summed E-state index contributed by atoms with van der Waals surface area (Å²) in [7, 11) is 0. The van der Waals surface area contributed by atoms with Gasteiger partial charge in [0.05, 0.1) is 0 Å². The van der Waals surface area contributed by atoms with Gasteiger partial charge in [0.25, 0.3) is 5.91 Å². The molecule has 2 N–H and O–H groups in total. The van der Waals surface area contributed by atoms with E-state index in [1.807, 2.05) is 36.4 Å². The topological polar surface area (TPSA) is 58.2 Å². The largest absolute Gasteiger partial charge is 0.350 e. The van der Waals surface area contributed by atoms with E-state index < -0.39 is 6.04 Å². The Bertz CT molecular complexity index is 912. The summed E-state index contributed by atoms with van der Waals surface area (Å²) in [5.41, 5.74) is 2.22. The standard InChI is InChI=1S/C23H21FN2O2/c24-20-13-11-18(12-14-20)16-25-23(28)21(15-17-7-3-1-4-8-17)26-22(27)19-9-5-2-6-10-19/h1-14,21H,15-16H2,(H,25,28)(H,26,27)/t21-/m0/s1. The lowest BCUT2D eigenvalue weighted by atomic mass is 10.0. The highest BCUT2D eigenvalue weighted by atomic mass is 19.1. The molecule has 142 valence electrons. The molecule has 0 heterocycles. The van der Waals surface area contributed by atoms with Crippen LogP contribution in [0.15, 0.2) is 84.9 Å². The number of hydrogen-bond donors (Lipinski definition) is 2. The van der Waals surface area contributed by atoms with Crippen LogP contribution in [0.25, 0.3) is 0 Å². The van der Waals surface area contributed by atoms with Crippen LogP contribution < -0.4 is 10.6 Å². The molecule has 5 heteroatoms. The molecule has 0 saturated heterocycles. The maximum absolute atomic E-state index is 13.0. The fourth-order valence-electron chi connectivity index (χ4n) is 2.80. The van der Waals surface area contributed by atoms with Crippen molar-refractivity contribution in [2.45, 2.75) is 19.0 Å². The Balaban J connectivity index is 1.70. The molecule has 3 aromatic carbocycles. The fraction of sp³-hybridized carbons (Fsp3) is 0.130. The van der Waals surface area contributed by atoms with E-state index in [2.05, 4.69) is 10.6 Å². The molecule has 0 aromatic heterocycles. The molecule has 4 nitrogen and oxygen atoms in total. The van der Waals surface area contributed by atoms with Crippen LogP contribution in [0, 0.1) is 5.82 Å². The molecule has 3 rings (SSSR count). The highest BCUT2D eigenvalue weighted by Gasteiger charge is 2.21. The van der Waals surface area contributed by atoms with E-state index in [4.69, 9.17) is 0 Å². The van der Waals surface area contributed by atoms with Gasteiger partial charge in [0.15, 0.2) is 0 Å². The SMILES string of the molecule is O=C(N[C@@H](Cc1ccccc1)C(=O)NCc1ccc(F)cc1)c1ccccc1. The second-order valence-electron chi connectivity index (χ2n) is 6.43. The van der Waals surface area contributed by atoms with Gasteiger partial charge in [-0.2, -0.15) is 0 Å². The van der Waals surface area contributed by atoms with Gasteiger partial charge in [-0.25, -0.2) is 4.39 Å². The van der Waals surface area contributed by atoms with Crippen molar-refractivity contribution in [1.82, 2.24) is 10.6 Å². The van der Waals surface area contributed by atoms with Crippen LogP contribution in [0.1, 0.15) is 21.5 Å². The summed E-state index contributed by atoms with van der Waals surface area (Å²) < 4.78 is 13.0. The number of nitrogens with one attached hydrogen (secondary N) is 2. The molecule has 0 saturated carbocycles. The average Bonchev–Trinajstić information content (AvgIpc) is 2.74. The fourth-order valence-corrected chi connectivity index (χ4v) is 2.80. The molecule has 0 unspecified atom stereocenters. The van der Waals surface area contributed by atoms with Crippen molar-refractivity contribution < 1.29 is 14.0 Å². The van der Waals surface area contributed by atoms with Gasteiger partial charge in [-0.15, -0.1) is 0 Å². The lowest BCUT2D eigenvalue weighted by molar-refractivity contribution is -0.123. The predicted octanol–water partition coefficient (Wildman–Crippen LogP) is 3.48. The number of halogens is 1. The minimum atomic E-state index is -0.726. The number of rotatable bonds is 7. The highest BCUT2D eigenvalue weighted by Crippen LogP contribution is 2.07. The van der Waals surface area contributed by atoms with Crippen molar-refractivity contribution in [3.05, 3.63) is 107 Å². The summed E-state index contributed by atoms with van der Waals surface area (Å²) in [6.07, 6.45) is 0.370. The Morgan fingerprint density at radius 2 is 1.39 bits per heavy atom. The Kier molecular flexibility index (Phi) is 6.52. The van der Waals surface area contributed by atoms with Crippen molar-refractivity contribution in [2.75, 3.05) is 0 Å². The first kappa shape index (κ1) is 19.3. The van der Waals surface area contributed by atoms with E-state index in [-0.39, 0.29) is 24.2 Å². The van der Waals surface area contributed by atoms with Crippen molar-refractivity contribution >= 4 is 11.8 Å². The third-order valence-corrected chi connectivity index (χ3v) is 4.32. The quantitative estimate of drug-likeness (QED) is 0.663. The molecule has 0 fully saturated rings. The smallest absolute Gasteiger partial charge is 0.251 e. The van der Waals surface area contributed by atoms with Crippen LogP contribution in [-0.2, 0) is 17.8 Å². The minimum Gasteiger partial charge on any atom is -0.350 e. The van der Waals surface area contributed by atoms with Crippen molar-refractivity contribution in [3.8, 4) is 0 Å². The molecule has 0 bridgehead atoms. The van der Waals surface area contributed by atoms with Gasteiger partial charge in [-0.1, -0.05) is 60.7 Å². The molecule has 28 heavy (non-hydrogen) atoms. The summed E-state index contributed by atoms with van der Waals surface area (Å²) >= 11 is 0. The first-order chi connectivity index (χ1) is 13.6. The van der Waals surface area contributed by atoms with Crippen LogP contribution in [-0.4, -0.2) is 17.9 Å². The molecule has 0 aliphatic rings. The minimum absolute atomic E-state index is 0.256. The summed E-state index contributed by atoms with van der Waals surface area (Å²) in [5.74, 6) is -0.928. The lowest BCUT2D eigenvalue weighted by Gasteiger charge is -2.19. The van der Waals surface area contributed by atoms with Crippen LogP contribution in [0.3, 0.4) is 0 Å². The molecule has 2 amide bonds. The zero-order chi connectivity index (χ0) is 19.8. The van der Waals surface area contributed by atoms with Gasteiger partial charge in [-0.3, -0.25) is 9.59 Å². The summed E-state index contributed by atoms with van der Waals surface area (Å²) in [4.78, 5) is 25.3. The van der Waals surface area contributed by atoms with Gasteiger partial charge in [0.2, 0.25) is 5.91 Å². The van der Waals surface area contributed by atoms with E-state index in [1.165, 1.54) is 12.1 Å². The van der Waals surface area contributed by atoms with E-state index >= 15 is 0 Å². The number of benzene rings is 3. The van der Waals surface area contributed by atoms with Gasteiger partial charge in [-0.05, 0) is 35.4 Å². The van der Waals surface area contributed by atoms with E-state index in [1.54, 1.807) is 36.4 Å². The van der Waals surface area contributed by atoms with Crippen LogP contribution in [0.5, 0.6) is 0 Å². The Labute approximate surface area is 163 Å². The van der Waals surface area contributed by atoms with Crippen molar-refractivity contribution in [3.63, 3.8) is 0 Å². The van der Waals surface area contributed by atoms with Crippen molar-refractivity contribution in [1.29, 1.82) is 0 Å². The Morgan fingerprint density at radius 3 is 2.04 bits per heavy atom. The lowest BCUT2D eigenvalue weighted by Crippen LogP contribution is -2.47. The first-order valence-corrected chi connectivity index (χ1v) is 9.04. The molecule has 0 aliphatic carbocycles. The zero-order valence-corrected chi connectivity index (χ0v) is 15.3. The van der Waals surface area contributed by atoms with E-state index in [0.29, 0.717) is 12.0 Å². The predicted molar refractivity (Wildman–Crippen MR) is 106 cm³/mol. The number of carbonyl (C=O) groups excluding carboxylic acids is 2. The molecule has 0 spiro atoms. The van der Waals surface area contributed by atoms with Gasteiger partial charge >= 0.3 is 0 Å². The highest BCUT2D eigenvalue weighted by molar-refractivity contribution is 5.97. The zero-order valence-electron chi connectivity index (χ0n) is 15.3. The first-order valence-electron chi connectivity index (χ1n) is 9.04. The molecular weight excluding hydrogens is 355 g/mol. The van der Waals surface area contributed by atoms with Gasteiger partial charge in [0, 0.05) is 18.5 Å². The number of carbonyl (C=O) groups is 2. The van der Waals surface area contributed by atoms with E-state index in [0.717, 1.165) is 11.1 Å². The maximum atomic E-state index is 13.0. The van der Waals surface area contributed by atoms with Gasteiger partial charge < -0.3 is 10.6 Å². The van der Waals surface area contributed by atoms with Gasteiger partial charge in [0.1, 0.15) is 11.9 Å². The van der Waals surface area contributed by atoms with Crippen LogP contribution in [0.4, 0.5) is 4.39 Å². The normalized spacial score (nSPS) is 11.5. The summed E-state index contributed by atoms with van der Waals surface area (Å²) in [6.45, 7) is 0.256. The molecule has 3 aromatic rings. The van der Waals surface area contributed by atoms with Crippen LogP contribution in [0.2, 0.25) is 0 Å². The van der Waals surface area contributed by atoms with Crippen molar-refractivity contribution in [2.24, 2.45) is 0 Å². The number of amides is 2. The second-order valence-corrected chi connectivity index (χ2v) is 6.43. The van der Waals surface area contributed by atoms with E-state index in [9.17, 15) is 14.0 Å². The molecule has 0 radical (unpaired) electrons. The second kappa shape index (κ2) is 9.46. The van der Waals surface area contributed by atoms with Crippen LogP contribution >= 0.6 is 0 Å². The number of hydrogen-bond acceptors (Lipinski definition) is 2. The Morgan fingerprint density at radius 1 is 0.786 bits per heavy atom. The molecule has 1 atom stereocenters. The summed E-state index contributed by atoms with van der Waals surface area (Å²) in [6, 6.07) is 23.5. The third-order valence-electron chi connectivity index (χ3n) is 4.32. The Hall–Kier alpha value is -3.47. The average molecular weight is 376 g/mol. The maximum Gasteiger partial charge on any atom is 0.251 e.